The number of hydrogen-bond donors (Lipinski definition) is 2. The average molecular weight is 549 g/mol. The van der Waals surface area contributed by atoms with E-state index in [0.29, 0.717) is 58.5 Å². The molecule has 3 aromatic carbocycles. The Bertz CT molecular complexity index is 1190. The van der Waals surface area contributed by atoms with E-state index < -0.39 is 6.09 Å². The highest BCUT2D eigenvalue weighted by Crippen LogP contribution is 2.44. The molecule has 9 heteroatoms. The van der Waals surface area contributed by atoms with E-state index in [2.05, 4.69) is 34.9 Å². The van der Waals surface area contributed by atoms with Crippen LogP contribution in [0.5, 0.6) is 5.75 Å². The normalized spacial score (nSPS) is 11.9. The Kier molecular flexibility index (Phi) is 11.3. The van der Waals surface area contributed by atoms with Gasteiger partial charge in [0.2, 0.25) is 5.91 Å². The lowest BCUT2D eigenvalue weighted by Crippen LogP contribution is -2.29. The summed E-state index contributed by atoms with van der Waals surface area (Å²) in [5.41, 5.74) is 5.50. The minimum atomic E-state index is -0.454. The van der Waals surface area contributed by atoms with Crippen LogP contribution in [0.4, 0.5) is 10.5 Å². The van der Waals surface area contributed by atoms with Gasteiger partial charge in [-0.05, 0) is 46.5 Å². The van der Waals surface area contributed by atoms with E-state index in [-0.39, 0.29) is 18.4 Å². The van der Waals surface area contributed by atoms with Gasteiger partial charge in [0.05, 0.1) is 39.6 Å². The SMILES string of the molecule is CC(=O)Nc1ccc(OCCOCCOCCOCCNC(=O)OCC2c3ccccc3-c3ccccc32)cc1. The quantitative estimate of drug-likeness (QED) is 0.252. The van der Waals surface area contributed by atoms with Gasteiger partial charge in [0.25, 0.3) is 0 Å². The van der Waals surface area contributed by atoms with Crippen LogP contribution in [0.15, 0.2) is 72.8 Å². The van der Waals surface area contributed by atoms with Crippen LogP contribution in [0.2, 0.25) is 0 Å². The third-order valence-electron chi connectivity index (χ3n) is 6.27. The molecule has 4 rings (SSSR count). The minimum Gasteiger partial charge on any atom is -0.491 e. The Hall–Kier alpha value is -3.92. The maximum absolute atomic E-state index is 12.2. The minimum absolute atomic E-state index is 0.0394. The first-order valence-electron chi connectivity index (χ1n) is 13.4. The molecule has 0 fully saturated rings. The van der Waals surface area contributed by atoms with Gasteiger partial charge in [-0.15, -0.1) is 0 Å². The zero-order valence-electron chi connectivity index (χ0n) is 22.7. The maximum atomic E-state index is 12.2. The van der Waals surface area contributed by atoms with Crippen molar-refractivity contribution < 1.29 is 33.3 Å². The Balaban J connectivity index is 0.965. The maximum Gasteiger partial charge on any atom is 0.407 e. The van der Waals surface area contributed by atoms with Gasteiger partial charge in [-0.25, -0.2) is 4.79 Å². The number of anilines is 1. The smallest absolute Gasteiger partial charge is 0.407 e. The van der Waals surface area contributed by atoms with Crippen LogP contribution < -0.4 is 15.4 Å². The van der Waals surface area contributed by atoms with Gasteiger partial charge in [0.15, 0.2) is 0 Å². The fraction of sp³-hybridized carbons (Fsp3) is 0.355. The Labute approximate surface area is 234 Å². The van der Waals surface area contributed by atoms with Crippen LogP contribution in [-0.2, 0) is 23.7 Å². The number of fused-ring (bicyclic) bond motifs is 3. The molecule has 0 unspecified atom stereocenters. The van der Waals surface area contributed by atoms with Crippen molar-refractivity contribution in [3.8, 4) is 16.9 Å². The van der Waals surface area contributed by atoms with Crippen LogP contribution in [0.1, 0.15) is 24.0 Å². The number of hydrogen-bond acceptors (Lipinski definition) is 7. The molecule has 9 nitrogen and oxygen atoms in total. The molecule has 0 saturated carbocycles. The molecule has 2 amide bonds. The van der Waals surface area contributed by atoms with Crippen LogP contribution in [-0.4, -0.2) is 71.4 Å². The summed E-state index contributed by atoms with van der Waals surface area (Å²) in [5.74, 6) is 0.635. The lowest BCUT2D eigenvalue weighted by Gasteiger charge is -2.14. The molecular formula is C31H36N2O7. The molecule has 3 aromatic rings. The predicted octanol–water partition coefficient (Wildman–Crippen LogP) is 4.61. The largest absolute Gasteiger partial charge is 0.491 e. The van der Waals surface area contributed by atoms with Crippen molar-refractivity contribution in [3.63, 3.8) is 0 Å². The molecule has 1 aliphatic rings. The lowest BCUT2D eigenvalue weighted by atomic mass is 9.98. The van der Waals surface area contributed by atoms with Crippen LogP contribution in [0.3, 0.4) is 0 Å². The monoisotopic (exact) mass is 548 g/mol. The van der Waals surface area contributed by atoms with E-state index in [9.17, 15) is 9.59 Å². The van der Waals surface area contributed by atoms with Crippen molar-refractivity contribution in [2.75, 3.05) is 64.7 Å². The van der Waals surface area contributed by atoms with Crippen LogP contribution in [0, 0.1) is 0 Å². The molecule has 0 heterocycles. The van der Waals surface area contributed by atoms with Gasteiger partial charge < -0.3 is 34.3 Å². The van der Waals surface area contributed by atoms with E-state index in [4.69, 9.17) is 23.7 Å². The third kappa shape index (κ3) is 8.81. The second kappa shape index (κ2) is 15.6. The summed E-state index contributed by atoms with van der Waals surface area (Å²) in [5, 5.41) is 5.44. The van der Waals surface area contributed by atoms with Crippen molar-refractivity contribution >= 4 is 17.7 Å². The van der Waals surface area contributed by atoms with E-state index in [1.54, 1.807) is 24.3 Å². The predicted molar refractivity (Wildman–Crippen MR) is 152 cm³/mol. The van der Waals surface area contributed by atoms with Gasteiger partial charge in [-0.2, -0.15) is 0 Å². The van der Waals surface area contributed by atoms with E-state index in [0.717, 1.165) is 5.69 Å². The highest BCUT2D eigenvalue weighted by Gasteiger charge is 2.28. The zero-order chi connectivity index (χ0) is 28.0. The zero-order valence-corrected chi connectivity index (χ0v) is 22.7. The Morgan fingerprint density at radius 2 is 1.25 bits per heavy atom. The average Bonchev–Trinajstić information content (AvgIpc) is 3.28. The molecule has 0 bridgehead atoms. The molecule has 0 aromatic heterocycles. The van der Waals surface area contributed by atoms with E-state index in [1.165, 1.54) is 29.2 Å². The molecule has 1 aliphatic carbocycles. The van der Waals surface area contributed by atoms with Crippen LogP contribution in [0.25, 0.3) is 11.1 Å². The van der Waals surface area contributed by atoms with Crippen LogP contribution >= 0.6 is 0 Å². The molecule has 40 heavy (non-hydrogen) atoms. The Morgan fingerprint density at radius 3 is 1.85 bits per heavy atom. The first-order valence-corrected chi connectivity index (χ1v) is 13.4. The summed E-state index contributed by atoms with van der Waals surface area (Å²) >= 11 is 0. The molecule has 0 aliphatic heterocycles. The number of carbonyl (C=O) groups is 2. The van der Waals surface area contributed by atoms with E-state index >= 15 is 0 Å². The second-order valence-corrected chi connectivity index (χ2v) is 9.14. The molecule has 0 saturated heterocycles. The summed E-state index contributed by atoms with van der Waals surface area (Å²) in [6, 6.07) is 23.6. The fourth-order valence-corrected chi connectivity index (χ4v) is 4.47. The van der Waals surface area contributed by atoms with E-state index in [1.807, 2.05) is 24.3 Å². The van der Waals surface area contributed by atoms with Crippen molar-refractivity contribution in [2.45, 2.75) is 12.8 Å². The summed E-state index contributed by atoms with van der Waals surface area (Å²) in [6.07, 6.45) is -0.454. The second-order valence-electron chi connectivity index (χ2n) is 9.14. The number of ether oxygens (including phenoxy) is 5. The summed E-state index contributed by atoms with van der Waals surface area (Å²) in [6.45, 7) is 5.09. The molecule has 0 radical (unpaired) electrons. The van der Waals surface area contributed by atoms with Gasteiger partial charge in [0, 0.05) is 25.1 Å². The standard InChI is InChI=1S/C31H36N2O7/c1-23(34)33-24-10-12-25(13-11-24)39-21-20-38-19-18-37-17-16-36-15-14-32-31(35)40-22-30-28-8-4-2-6-26(28)27-7-3-5-9-29(27)30/h2-13,30H,14-22H2,1H3,(H,32,35)(H,33,34). The Morgan fingerprint density at radius 1 is 0.700 bits per heavy atom. The van der Waals surface area contributed by atoms with Crippen molar-refractivity contribution in [2.24, 2.45) is 0 Å². The summed E-state index contributed by atoms with van der Waals surface area (Å²) < 4.78 is 27.6. The van der Waals surface area contributed by atoms with Crippen molar-refractivity contribution in [3.05, 3.63) is 83.9 Å². The molecule has 2 N–H and O–H groups in total. The first kappa shape index (κ1) is 29.1. The summed E-state index contributed by atoms with van der Waals surface area (Å²) in [4.78, 5) is 23.2. The molecular weight excluding hydrogens is 512 g/mol. The summed E-state index contributed by atoms with van der Waals surface area (Å²) in [7, 11) is 0. The number of alkyl carbamates (subject to hydrolysis) is 1. The first-order chi connectivity index (χ1) is 19.6. The van der Waals surface area contributed by atoms with Gasteiger partial charge in [0.1, 0.15) is 19.0 Å². The van der Waals surface area contributed by atoms with Crippen molar-refractivity contribution in [1.82, 2.24) is 5.32 Å². The number of rotatable bonds is 16. The molecule has 212 valence electrons. The van der Waals surface area contributed by atoms with Gasteiger partial charge in [-0.1, -0.05) is 48.5 Å². The number of nitrogens with one attached hydrogen (secondary N) is 2. The number of carbonyl (C=O) groups excluding carboxylic acids is 2. The van der Waals surface area contributed by atoms with Gasteiger partial charge >= 0.3 is 6.09 Å². The third-order valence-corrected chi connectivity index (χ3v) is 6.27. The fourth-order valence-electron chi connectivity index (χ4n) is 4.47. The molecule has 0 spiro atoms. The number of amides is 2. The highest BCUT2D eigenvalue weighted by atomic mass is 16.6. The number of benzene rings is 3. The topological polar surface area (TPSA) is 104 Å². The highest BCUT2D eigenvalue weighted by molar-refractivity contribution is 5.88. The van der Waals surface area contributed by atoms with Crippen molar-refractivity contribution in [1.29, 1.82) is 0 Å². The lowest BCUT2D eigenvalue weighted by molar-refractivity contribution is -0.114. The molecule has 0 atom stereocenters. The van der Waals surface area contributed by atoms with Gasteiger partial charge in [-0.3, -0.25) is 4.79 Å².